The second kappa shape index (κ2) is 5.20. The Morgan fingerprint density at radius 1 is 1.15 bits per heavy atom. The van der Waals surface area contributed by atoms with E-state index >= 15 is 0 Å². The number of benzene rings is 2. The van der Waals surface area contributed by atoms with Gasteiger partial charge in [-0.1, -0.05) is 18.2 Å². The second-order valence-electron chi connectivity index (χ2n) is 5.52. The summed E-state index contributed by atoms with van der Waals surface area (Å²) in [6, 6.07) is 10.9. The van der Waals surface area contributed by atoms with Crippen LogP contribution in [0.2, 0.25) is 0 Å². The predicted molar refractivity (Wildman–Crippen MR) is 84.7 cm³/mol. The summed E-state index contributed by atoms with van der Waals surface area (Å²) in [6.45, 7) is 5.35. The molecule has 20 heavy (non-hydrogen) atoms. The van der Waals surface area contributed by atoms with Crippen LogP contribution in [0, 0.1) is 13.8 Å². The fraction of sp³-hybridized carbons (Fsp3) is 0.333. The van der Waals surface area contributed by atoms with E-state index in [1.807, 2.05) is 0 Å². The first-order chi connectivity index (χ1) is 9.70. The summed E-state index contributed by atoms with van der Waals surface area (Å²) in [4.78, 5) is 0. The fourth-order valence-corrected chi connectivity index (χ4v) is 3.18. The van der Waals surface area contributed by atoms with Crippen molar-refractivity contribution < 1.29 is 4.74 Å². The molecule has 1 heterocycles. The minimum absolute atomic E-state index is 0.974. The Bertz CT molecular complexity index is 646. The molecule has 2 nitrogen and oxygen atoms in total. The van der Waals surface area contributed by atoms with E-state index in [-0.39, 0.29) is 0 Å². The molecule has 3 rings (SSSR count). The molecule has 1 aliphatic heterocycles. The summed E-state index contributed by atoms with van der Waals surface area (Å²) in [5, 5.41) is 3.50. The van der Waals surface area contributed by atoms with E-state index in [0.29, 0.717) is 0 Å². The van der Waals surface area contributed by atoms with Crippen molar-refractivity contribution >= 4 is 5.69 Å². The maximum absolute atomic E-state index is 5.63. The Labute approximate surface area is 120 Å². The molecular weight excluding hydrogens is 246 g/mol. The Morgan fingerprint density at radius 3 is 2.80 bits per heavy atom. The molecule has 0 fully saturated rings. The van der Waals surface area contributed by atoms with Crippen molar-refractivity contribution in [2.75, 3.05) is 19.0 Å². The van der Waals surface area contributed by atoms with Crippen LogP contribution in [0.25, 0.3) is 11.1 Å². The normalized spacial score (nSPS) is 13.6. The van der Waals surface area contributed by atoms with Crippen LogP contribution >= 0.6 is 0 Å². The number of hydrogen-bond donors (Lipinski definition) is 1. The van der Waals surface area contributed by atoms with E-state index in [0.717, 1.165) is 18.7 Å². The van der Waals surface area contributed by atoms with Gasteiger partial charge >= 0.3 is 0 Å². The molecule has 0 bridgehead atoms. The predicted octanol–water partition coefficient (Wildman–Crippen LogP) is 4.34. The van der Waals surface area contributed by atoms with Crippen LogP contribution in [-0.2, 0) is 6.42 Å². The highest BCUT2D eigenvalue weighted by atomic mass is 16.5. The number of hydrogen-bond acceptors (Lipinski definition) is 2. The average molecular weight is 267 g/mol. The lowest BCUT2D eigenvalue weighted by atomic mass is 9.89. The van der Waals surface area contributed by atoms with Gasteiger partial charge in [-0.15, -0.1) is 0 Å². The van der Waals surface area contributed by atoms with E-state index in [9.17, 15) is 0 Å². The SMILES string of the molecule is COc1cc(C)cc(C)c1-c1cccc2c1CCCN2. The average Bonchev–Trinajstić information content (AvgIpc) is 2.46. The highest BCUT2D eigenvalue weighted by Gasteiger charge is 2.18. The molecule has 0 saturated carbocycles. The van der Waals surface area contributed by atoms with Gasteiger partial charge in [0, 0.05) is 17.8 Å². The van der Waals surface area contributed by atoms with Crippen molar-refractivity contribution in [2.24, 2.45) is 0 Å². The summed E-state index contributed by atoms with van der Waals surface area (Å²) in [6.07, 6.45) is 2.33. The van der Waals surface area contributed by atoms with Crippen molar-refractivity contribution in [1.29, 1.82) is 0 Å². The van der Waals surface area contributed by atoms with Crippen LogP contribution < -0.4 is 10.1 Å². The maximum Gasteiger partial charge on any atom is 0.127 e. The third-order valence-electron chi connectivity index (χ3n) is 4.03. The van der Waals surface area contributed by atoms with Gasteiger partial charge in [-0.3, -0.25) is 0 Å². The van der Waals surface area contributed by atoms with Crippen molar-refractivity contribution in [1.82, 2.24) is 0 Å². The molecule has 0 atom stereocenters. The highest BCUT2D eigenvalue weighted by Crippen LogP contribution is 2.39. The third kappa shape index (κ3) is 2.15. The van der Waals surface area contributed by atoms with Gasteiger partial charge in [0.1, 0.15) is 5.75 Å². The first-order valence-electron chi connectivity index (χ1n) is 7.22. The Balaban J connectivity index is 2.24. The van der Waals surface area contributed by atoms with Gasteiger partial charge < -0.3 is 10.1 Å². The number of fused-ring (bicyclic) bond motifs is 1. The van der Waals surface area contributed by atoms with Crippen LogP contribution in [-0.4, -0.2) is 13.7 Å². The molecule has 0 aromatic heterocycles. The number of ether oxygens (including phenoxy) is 1. The molecule has 2 heteroatoms. The number of methoxy groups -OCH3 is 1. The number of nitrogens with one attached hydrogen (secondary N) is 1. The molecule has 104 valence electrons. The van der Waals surface area contributed by atoms with Gasteiger partial charge in [-0.2, -0.15) is 0 Å². The quantitative estimate of drug-likeness (QED) is 0.874. The lowest BCUT2D eigenvalue weighted by molar-refractivity contribution is 0.416. The van der Waals surface area contributed by atoms with Gasteiger partial charge in [0.15, 0.2) is 0 Å². The maximum atomic E-state index is 5.63. The summed E-state index contributed by atoms with van der Waals surface area (Å²) in [5.74, 6) is 0.974. The molecule has 2 aromatic carbocycles. The van der Waals surface area contributed by atoms with E-state index in [4.69, 9.17) is 4.74 Å². The minimum atomic E-state index is 0.974. The van der Waals surface area contributed by atoms with E-state index in [1.54, 1.807) is 7.11 Å². The lowest BCUT2D eigenvalue weighted by Gasteiger charge is -2.23. The van der Waals surface area contributed by atoms with E-state index in [1.165, 1.54) is 39.9 Å². The van der Waals surface area contributed by atoms with Crippen molar-refractivity contribution in [3.63, 3.8) is 0 Å². The summed E-state index contributed by atoms with van der Waals surface area (Å²) in [7, 11) is 1.76. The number of aryl methyl sites for hydroxylation is 2. The van der Waals surface area contributed by atoms with Crippen molar-refractivity contribution in [3.8, 4) is 16.9 Å². The van der Waals surface area contributed by atoms with Crippen LogP contribution in [0.5, 0.6) is 5.75 Å². The van der Waals surface area contributed by atoms with Crippen molar-refractivity contribution in [3.05, 3.63) is 47.0 Å². The summed E-state index contributed by atoms with van der Waals surface area (Å²) in [5.41, 5.74) is 7.76. The Kier molecular flexibility index (Phi) is 3.39. The molecule has 0 radical (unpaired) electrons. The lowest BCUT2D eigenvalue weighted by Crippen LogP contribution is -2.12. The Hall–Kier alpha value is -1.96. The van der Waals surface area contributed by atoms with E-state index < -0.39 is 0 Å². The van der Waals surface area contributed by atoms with Crippen molar-refractivity contribution in [2.45, 2.75) is 26.7 Å². The molecular formula is C18H21NO. The molecule has 0 unspecified atom stereocenters. The number of anilines is 1. The first kappa shape index (κ1) is 13.0. The second-order valence-corrected chi connectivity index (χ2v) is 5.52. The first-order valence-corrected chi connectivity index (χ1v) is 7.22. The van der Waals surface area contributed by atoms with Gasteiger partial charge in [0.25, 0.3) is 0 Å². The van der Waals surface area contributed by atoms with Gasteiger partial charge in [-0.25, -0.2) is 0 Å². The zero-order valence-electron chi connectivity index (χ0n) is 12.4. The third-order valence-corrected chi connectivity index (χ3v) is 4.03. The smallest absolute Gasteiger partial charge is 0.127 e. The van der Waals surface area contributed by atoms with Gasteiger partial charge in [0.2, 0.25) is 0 Å². The highest BCUT2D eigenvalue weighted by molar-refractivity contribution is 5.81. The van der Waals surface area contributed by atoms with Crippen LogP contribution in [0.3, 0.4) is 0 Å². The van der Waals surface area contributed by atoms with Gasteiger partial charge in [-0.05, 0) is 61.1 Å². The monoisotopic (exact) mass is 267 g/mol. The molecule has 0 saturated heterocycles. The van der Waals surface area contributed by atoms with Gasteiger partial charge in [0.05, 0.1) is 7.11 Å². The molecule has 0 amide bonds. The summed E-state index contributed by atoms with van der Waals surface area (Å²) < 4.78 is 5.63. The fourth-order valence-electron chi connectivity index (χ4n) is 3.18. The van der Waals surface area contributed by atoms with Crippen LogP contribution in [0.4, 0.5) is 5.69 Å². The largest absolute Gasteiger partial charge is 0.496 e. The minimum Gasteiger partial charge on any atom is -0.496 e. The molecule has 2 aromatic rings. The van der Waals surface area contributed by atoms with E-state index in [2.05, 4.69) is 49.5 Å². The topological polar surface area (TPSA) is 21.3 Å². The molecule has 1 N–H and O–H groups in total. The number of rotatable bonds is 2. The Morgan fingerprint density at radius 2 is 2.00 bits per heavy atom. The zero-order chi connectivity index (χ0) is 14.1. The van der Waals surface area contributed by atoms with Crippen LogP contribution in [0.1, 0.15) is 23.1 Å². The molecule has 0 aliphatic carbocycles. The van der Waals surface area contributed by atoms with Crippen LogP contribution in [0.15, 0.2) is 30.3 Å². The zero-order valence-corrected chi connectivity index (χ0v) is 12.4. The summed E-state index contributed by atoms with van der Waals surface area (Å²) >= 11 is 0. The standard InChI is InChI=1S/C18H21NO/c1-12-10-13(2)18(17(11-12)20-3)15-6-4-8-16-14(15)7-5-9-19-16/h4,6,8,10-11,19H,5,7,9H2,1-3H3. The molecule has 1 aliphatic rings. The molecule has 0 spiro atoms.